The number of anilines is 2. The van der Waals surface area contributed by atoms with E-state index in [1.807, 2.05) is 32.9 Å². The second-order valence-corrected chi connectivity index (χ2v) is 11.3. The van der Waals surface area contributed by atoms with E-state index in [0.29, 0.717) is 29.6 Å². The molecule has 2 amide bonds. The standard InChI is InChI=1S/C28H33N3O4/c1-28(2,3)35-23(32)9-6-16-31-26(33)17-10-12-21-25-22(13-11-18(24(17)25)27(31)34)30-15-5-8-20(30)19-7-4-14-29(19)21/h10-13,19-20H,4-9,14-16H2,1-3H3. The summed E-state index contributed by atoms with van der Waals surface area (Å²) in [6.45, 7) is 7.72. The molecule has 4 aliphatic heterocycles. The predicted molar refractivity (Wildman–Crippen MR) is 135 cm³/mol. The Morgan fingerprint density at radius 2 is 1.43 bits per heavy atom. The molecule has 0 aliphatic carbocycles. The maximum atomic E-state index is 13.6. The first-order chi connectivity index (χ1) is 16.7. The van der Waals surface area contributed by atoms with Crippen LogP contribution in [-0.4, -0.2) is 60.0 Å². The molecule has 0 bridgehead atoms. The lowest BCUT2D eigenvalue weighted by molar-refractivity contribution is -0.154. The number of rotatable bonds is 4. The van der Waals surface area contributed by atoms with E-state index in [4.69, 9.17) is 4.74 Å². The molecule has 0 spiro atoms. The number of hydrogen-bond acceptors (Lipinski definition) is 6. The van der Waals surface area contributed by atoms with E-state index in [2.05, 4.69) is 21.9 Å². The van der Waals surface area contributed by atoms with Gasteiger partial charge in [0.05, 0.1) is 0 Å². The van der Waals surface area contributed by atoms with Crippen molar-refractivity contribution in [2.45, 2.75) is 77.0 Å². The average molecular weight is 476 g/mol. The van der Waals surface area contributed by atoms with E-state index < -0.39 is 5.60 Å². The van der Waals surface area contributed by atoms with Gasteiger partial charge in [-0.05, 0) is 77.1 Å². The molecule has 35 heavy (non-hydrogen) atoms. The van der Waals surface area contributed by atoms with Gasteiger partial charge in [0.2, 0.25) is 0 Å². The van der Waals surface area contributed by atoms with Crippen LogP contribution in [0.4, 0.5) is 11.4 Å². The summed E-state index contributed by atoms with van der Waals surface area (Å²) in [6, 6.07) is 8.98. The number of imide groups is 1. The van der Waals surface area contributed by atoms with Crippen molar-refractivity contribution in [3.05, 3.63) is 35.4 Å². The van der Waals surface area contributed by atoms with E-state index in [1.165, 1.54) is 30.6 Å². The van der Waals surface area contributed by atoms with Crippen LogP contribution in [0.2, 0.25) is 0 Å². The fourth-order valence-electron chi connectivity index (χ4n) is 6.64. The minimum atomic E-state index is -0.551. The number of fused-ring (bicyclic) bond motifs is 5. The van der Waals surface area contributed by atoms with Crippen LogP contribution in [0.1, 0.15) is 80.0 Å². The quantitative estimate of drug-likeness (QED) is 0.479. The molecule has 7 heteroatoms. The summed E-state index contributed by atoms with van der Waals surface area (Å²) in [5, 5.41) is 1.86. The van der Waals surface area contributed by atoms with Crippen molar-refractivity contribution >= 4 is 39.9 Å². The maximum absolute atomic E-state index is 13.6. The third-order valence-electron chi connectivity index (χ3n) is 7.91. The second kappa shape index (κ2) is 7.97. The minimum Gasteiger partial charge on any atom is -0.460 e. The third-order valence-corrected chi connectivity index (χ3v) is 7.91. The van der Waals surface area contributed by atoms with E-state index >= 15 is 0 Å². The number of ether oxygens (including phenoxy) is 1. The van der Waals surface area contributed by atoms with E-state index in [1.54, 1.807) is 0 Å². The van der Waals surface area contributed by atoms with Gasteiger partial charge >= 0.3 is 5.97 Å². The number of carbonyl (C=O) groups excluding carboxylic acids is 3. The van der Waals surface area contributed by atoms with Crippen molar-refractivity contribution in [2.75, 3.05) is 29.4 Å². The summed E-state index contributed by atoms with van der Waals surface area (Å²) in [7, 11) is 0. The summed E-state index contributed by atoms with van der Waals surface area (Å²) < 4.78 is 5.37. The van der Waals surface area contributed by atoms with Gasteiger partial charge in [0.1, 0.15) is 5.60 Å². The van der Waals surface area contributed by atoms with Crippen LogP contribution in [0, 0.1) is 0 Å². The average Bonchev–Trinajstić information content (AvgIpc) is 3.45. The number of hydrogen-bond donors (Lipinski definition) is 0. The SMILES string of the molecule is CC(C)(C)OC(=O)CCCN1C(=O)c2ccc3c4c(ccc(c24)C1=O)N1CCCC1C1CCCN31. The van der Waals surface area contributed by atoms with Crippen molar-refractivity contribution in [1.29, 1.82) is 0 Å². The van der Waals surface area contributed by atoms with Crippen LogP contribution >= 0.6 is 0 Å². The topological polar surface area (TPSA) is 70.2 Å². The van der Waals surface area contributed by atoms with Crippen LogP contribution < -0.4 is 9.80 Å². The fraction of sp³-hybridized carbons (Fsp3) is 0.536. The summed E-state index contributed by atoms with van der Waals surface area (Å²) in [5.74, 6) is -0.851. The van der Waals surface area contributed by atoms with Crippen molar-refractivity contribution in [3.8, 4) is 0 Å². The van der Waals surface area contributed by atoms with Crippen LogP contribution in [-0.2, 0) is 9.53 Å². The van der Waals surface area contributed by atoms with Crippen molar-refractivity contribution in [3.63, 3.8) is 0 Å². The Morgan fingerprint density at radius 3 is 1.94 bits per heavy atom. The third kappa shape index (κ3) is 3.50. The molecule has 2 aromatic carbocycles. The van der Waals surface area contributed by atoms with Crippen molar-refractivity contribution in [1.82, 2.24) is 4.90 Å². The Labute approximate surface area is 206 Å². The first-order valence-electron chi connectivity index (χ1n) is 13.0. The van der Waals surface area contributed by atoms with Gasteiger partial charge in [-0.15, -0.1) is 0 Å². The summed E-state index contributed by atoms with van der Waals surface area (Å²) in [6.07, 6.45) is 5.28. The zero-order chi connectivity index (χ0) is 24.5. The lowest BCUT2D eigenvalue weighted by Crippen LogP contribution is -2.44. The number of carbonyl (C=O) groups is 3. The molecule has 6 rings (SSSR count). The highest BCUT2D eigenvalue weighted by Gasteiger charge is 2.43. The molecule has 0 N–H and O–H groups in total. The molecule has 0 aromatic heterocycles. The fourth-order valence-corrected chi connectivity index (χ4v) is 6.64. The normalized spacial score (nSPS) is 23.0. The van der Waals surface area contributed by atoms with Crippen LogP contribution in [0.15, 0.2) is 24.3 Å². The zero-order valence-corrected chi connectivity index (χ0v) is 20.8. The Bertz CT molecular complexity index is 1170. The molecule has 0 saturated carbocycles. The molecule has 2 saturated heterocycles. The first-order valence-corrected chi connectivity index (χ1v) is 13.0. The van der Waals surface area contributed by atoms with Crippen LogP contribution in [0.3, 0.4) is 0 Å². The van der Waals surface area contributed by atoms with Crippen molar-refractivity contribution in [2.24, 2.45) is 0 Å². The molecular formula is C28H33N3O4. The Hall–Kier alpha value is -3.09. The second-order valence-electron chi connectivity index (χ2n) is 11.3. The number of nitrogens with zero attached hydrogens (tertiary/aromatic N) is 3. The van der Waals surface area contributed by atoms with Crippen LogP contribution in [0.5, 0.6) is 0 Å². The highest BCUT2D eigenvalue weighted by Crippen LogP contribution is 2.48. The maximum Gasteiger partial charge on any atom is 0.306 e. The van der Waals surface area contributed by atoms with Crippen molar-refractivity contribution < 1.29 is 19.1 Å². The smallest absolute Gasteiger partial charge is 0.306 e. The molecule has 7 nitrogen and oxygen atoms in total. The molecule has 2 aromatic rings. The molecule has 0 radical (unpaired) electrons. The number of amides is 2. The highest BCUT2D eigenvalue weighted by molar-refractivity contribution is 6.28. The van der Waals surface area contributed by atoms with Gasteiger partial charge in [-0.3, -0.25) is 19.3 Å². The summed E-state index contributed by atoms with van der Waals surface area (Å²) in [4.78, 5) is 45.6. The number of benzene rings is 2. The number of esters is 1. The van der Waals surface area contributed by atoms with E-state index in [9.17, 15) is 14.4 Å². The monoisotopic (exact) mass is 475 g/mol. The molecule has 2 fully saturated rings. The van der Waals surface area contributed by atoms with E-state index in [0.717, 1.165) is 35.2 Å². The van der Waals surface area contributed by atoms with Gasteiger partial charge < -0.3 is 14.5 Å². The lowest BCUT2D eigenvalue weighted by atomic mass is 9.91. The molecular weight excluding hydrogens is 442 g/mol. The lowest BCUT2D eigenvalue weighted by Gasteiger charge is -2.33. The van der Waals surface area contributed by atoms with Gasteiger partial charge in [0, 0.05) is 71.4 Å². The summed E-state index contributed by atoms with van der Waals surface area (Å²) in [5.41, 5.74) is 2.95. The van der Waals surface area contributed by atoms with Gasteiger partial charge in [0.15, 0.2) is 0 Å². The molecule has 2 atom stereocenters. The molecule has 4 aliphatic rings. The van der Waals surface area contributed by atoms with Gasteiger partial charge in [-0.1, -0.05) is 0 Å². The van der Waals surface area contributed by atoms with E-state index in [-0.39, 0.29) is 30.7 Å². The molecule has 2 unspecified atom stereocenters. The van der Waals surface area contributed by atoms with Gasteiger partial charge in [-0.2, -0.15) is 0 Å². The first kappa shape index (κ1) is 22.4. The zero-order valence-electron chi connectivity index (χ0n) is 20.8. The van der Waals surface area contributed by atoms with Gasteiger partial charge in [-0.25, -0.2) is 0 Å². The minimum absolute atomic E-state index is 0.168. The Morgan fingerprint density at radius 1 is 0.886 bits per heavy atom. The predicted octanol–water partition coefficient (Wildman–Crippen LogP) is 4.51. The van der Waals surface area contributed by atoms with Gasteiger partial charge in [0.25, 0.3) is 11.8 Å². The molecule has 184 valence electrons. The highest BCUT2D eigenvalue weighted by atomic mass is 16.6. The summed E-state index contributed by atoms with van der Waals surface area (Å²) >= 11 is 0. The Kier molecular flexibility index (Phi) is 5.09. The van der Waals surface area contributed by atoms with Crippen LogP contribution in [0.25, 0.3) is 10.8 Å². The molecule has 4 heterocycles. The largest absolute Gasteiger partial charge is 0.460 e. The Balaban J connectivity index is 1.36.